The van der Waals surface area contributed by atoms with E-state index in [-0.39, 0.29) is 11.8 Å². The molecule has 160 valence electrons. The summed E-state index contributed by atoms with van der Waals surface area (Å²) in [6, 6.07) is 15.6. The first kappa shape index (κ1) is 21.1. The molecular formula is C24H26ClN5O. The largest absolute Gasteiger partial charge is 0.352 e. The predicted octanol–water partition coefficient (Wildman–Crippen LogP) is 5.13. The van der Waals surface area contributed by atoms with Crippen LogP contribution in [0.25, 0.3) is 16.7 Å². The van der Waals surface area contributed by atoms with Gasteiger partial charge in [0.25, 0.3) is 5.91 Å². The van der Waals surface area contributed by atoms with Gasteiger partial charge in [0.05, 0.1) is 34.2 Å². The number of hydrogen-bond acceptors (Lipinski definition) is 3. The van der Waals surface area contributed by atoms with Gasteiger partial charge >= 0.3 is 0 Å². The molecule has 0 fully saturated rings. The van der Waals surface area contributed by atoms with Crippen molar-refractivity contribution in [1.82, 2.24) is 24.6 Å². The van der Waals surface area contributed by atoms with Gasteiger partial charge in [-0.1, -0.05) is 43.6 Å². The van der Waals surface area contributed by atoms with E-state index in [1.165, 1.54) is 0 Å². The van der Waals surface area contributed by atoms with Crippen LogP contribution in [0.4, 0.5) is 0 Å². The molecule has 0 radical (unpaired) electrons. The lowest BCUT2D eigenvalue weighted by atomic mass is 10.0. The van der Waals surface area contributed by atoms with E-state index in [1.807, 2.05) is 49.4 Å². The van der Waals surface area contributed by atoms with Crippen LogP contribution in [0.5, 0.6) is 0 Å². The van der Waals surface area contributed by atoms with Crippen molar-refractivity contribution < 1.29 is 4.79 Å². The molecule has 0 atom stereocenters. The molecule has 0 aliphatic heterocycles. The number of aromatic nitrogens is 4. The molecule has 0 saturated heterocycles. The smallest absolute Gasteiger partial charge is 0.254 e. The molecule has 0 aliphatic carbocycles. The van der Waals surface area contributed by atoms with Crippen molar-refractivity contribution in [3.63, 3.8) is 0 Å². The van der Waals surface area contributed by atoms with E-state index >= 15 is 0 Å². The molecule has 1 N–H and O–H groups in total. The van der Waals surface area contributed by atoms with Gasteiger partial charge < -0.3 is 9.88 Å². The Balaban J connectivity index is 1.45. The lowest BCUT2D eigenvalue weighted by molar-refractivity contribution is 0.0951. The van der Waals surface area contributed by atoms with Crippen LogP contribution in [0, 0.1) is 6.92 Å². The van der Waals surface area contributed by atoms with Crippen molar-refractivity contribution in [2.45, 2.75) is 39.7 Å². The number of nitrogens with one attached hydrogen (secondary N) is 1. The van der Waals surface area contributed by atoms with Crippen LogP contribution in [0.15, 0.2) is 54.7 Å². The number of halogens is 1. The first-order valence-corrected chi connectivity index (χ1v) is 10.9. The molecule has 0 aliphatic rings. The van der Waals surface area contributed by atoms with Crippen molar-refractivity contribution in [2.75, 3.05) is 6.54 Å². The zero-order valence-electron chi connectivity index (χ0n) is 18.0. The Morgan fingerprint density at radius 1 is 1.16 bits per heavy atom. The summed E-state index contributed by atoms with van der Waals surface area (Å²) in [5.74, 6) is 1.00. The van der Waals surface area contributed by atoms with Crippen LogP contribution < -0.4 is 5.32 Å². The van der Waals surface area contributed by atoms with Gasteiger partial charge in [-0.15, -0.1) is 0 Å². The van der Waals surface area contributed by atoms with Crippen LogP contribution >= 0.6 is 11.6 Å². The number of imidazole rings is 1. The molecule has 0 spiro atoms. The number of aryl methyl sites for hydroxylation is 2. The van der Waals surface area contributed by atoms with Crippen LogP contribution in [0.1, 0.15) is 48.1 Å². The summed E-state index contributed by atoms with van der Waals surface area (Å²) >= 11 is 6.14. The molecule has 31 heavy (non-hydrogen) atoms. The van der Waals surface area contributed by atoms with E-state index < -0.39 is 0 Å². The Kier molecular flexibility index (Phi) is 6.09. The summed E-state index contributed by atoms with van der Waals surface area (Å²) in [5, 5.41) is 8.15. The van der Waals surface area contributed by atoms with Crippen molar-refractivity contribution >= 4 is 28.5 Å². The molecule has 2 aromatic heterocycles. The average molecular weight is 436 g/mol. The minimum absolute atomic E-state index is 0.107. The van der Waals surface area contributed by atoms with E-state index in [9.17, 15) is 4.79 Å². The zero-order chi connectivity index (χ0) is 22.0. The molecule has 7 heteroatoms. The van der Waals surface area contributed by atoms with Crippen molar-refractivity contribution in [3.05, 3.63) is 76.8 Å². The predicted molar refractivity (Wildman–Crippen MR) is 124 cm³/mol. The molecule has 0 bridgehead atoms. The number of rotatable bonds is 7. The SMILES string of the molecule is Cc1nc2ccccc2n1CCCNC(=O)c1cnn(-c2cccc(Cl)c2)c1C(C)C. The Hall–Kier alpha value is -3.12. The molecule has 6 nitrogen and oxygen atoms in total. The van der Waals surface area contributed by atoms with E-state index in [0.29, 0.717) is 17.1 Å². The Labute approximate surface area is 186 Å². The Bertz CT molecular complexity index is 1220. The first-order valence-electron chi connectivity index (χ1n) is 10.5. The topological polar surface area (TPSA) is 64.7 Å². The van der Waals surface area contributed by atoms with E-state index in [4.69, 9.17) is 11.6 Å². The van der Waals surface area contributed by atoms with Crippen molar-refractivity contribution in [1.29, 1.82) is 0 Å². The maximum Gasteiger partial charge on any atom is 0.254 e. The number of benzene rings is 2. The highest BCUT2D eigenvalue weighted by Gasteiger charge is 2.20. The number of nitrogens with zero attached hydrogens (tertiary/aromatic N) is 4. The van der Waals surface area contributed by atoms with Gasteiger partial charge in [0.1, 0.15) is 5.82 Å². The summed E-state index contributed by atoms with van der Waals surface area (Å²) in [4.78, 5) is 17.5. The first-order chi connectivity index (χ1) is 15.0. The maximum absolute atomic E-state index is 12.9. The second kappa shape index (κ2) is 8.94. The highest BCUT2D eigenvalue weighted by molar-refractivity contribution is 6.30. The van der Waals surface area contributed by atoms with Gasteiger partial charge in [-0.2, -0.15) is 5.10 Å². The minimum Gasteiger partial charge on any atom is -0.352 e. The summed E-state index contributed by atoms with van der Waals surface area (Å²) in [7, 11) is 0. The third-order valence-electron chi connectivity index (χ3n) is 5.34. The highest BCUT2D eigenvalue weighted by atomic mass is 35.5. The summed E-state index contributed by atoms with van der Waals surface area (Å²) in [5.41, 5.74) is 4.43. The monoisotopic (exact) mass is 435 g/mol. The van der Waals surface area contributed by atoms with Gasteiger partial charge in [-0.3, -0.25) is 4.79 Å². The number of carbonyl (C=O) groups excluding carboxylic acids is 1. The quantitative estimate of drug-likeness (QED) is 0.409. The number of amides is 1. The van der Waals surface area contributed by atoms with Crippen LogP contribution in [-0.2, 0) is 6.54 Å². The fraction of sp³-hybridized carbons (Fsp3) is 0.292. The maximum atomic E-state index is 12.9. The van der Waals surface area contributed by atoms with Gasteiger partial charge in [0, 0.05) is 18.1 Å². The fourth-order valence-corrected chi connectivity index (χ4v) is 4.10. The second-order valence-electron chi connectivity index (χ2n) is 7.90. The molecule has 0 unspecified atom stereocenters. The van der Waals surface area contributed by atoms with E-state index in [2.05, 4.69) is 39.9 Å². The summed E-state index contributed by atoms with van der Waals surface area (Å²) < 4.78 is 3.99. The highest BCUT2D eigenvalue weighted by Crippen LogP contribution is 2.24. The zero-order valence-corrected chi connectivity index (χ0v) is 18.7. The standard InChI is InChI=1S/C24H26ClN5O/c1-16(2)23-20(15-27-30(23)19-9-6-8-18(25)14-19)24(31)26-12-7-13-29-17(3)28-21-10-4-5-11-22(21)29/h4-6,8-11,14-16H,7,12-13H2,1-3H3,(H,26,31). The molecule has 2 aromatic carbocycles. The van der Waals surface area contributed by atoms with Crippen LogP contribution in [0.3, 0.4) is 0 Å². The van der Waals surface area contributed by atoms with Crippen molar-refractivity contribution in [2.24, 2.45) is 0 Å². The van der Waals surface area contributed by atoms with Gasteiger partial charge in [0.2, 0.25) is 0 Å². The Morgan fingerprint density at radius 2 is 1.97 bits per heavy atom. The summed E-state index contributed by atoms with van der Waals surface area (Å²) in [6.07, 6.45) is 2.45. The van der Waals surface area contributed by atoms with E-state index in [1.54, 1.807) is 10.9 Å². The number of carbonyl (C=O) groups is 1. The minimum atomic E-state index is -0.107. The number of hydrogen-bond donors (Lipinski definition) is 1. The lowest BCUT2D eigenvalue weighted by Crippen LogP contribution is -2.26. The number of para-hydroxylation sites is 2. The van der Waals surface area contributed by atoms with Crippen LogP contribution in [-0.4, -0.2) is 31.8 Å². The Morgan fingerprint density at radius 3 is 2.74 bits per heavy atom. The van der Waals surface area contributed by atoms with Gasteiger partial charge in [0.15, 0.2) is 0 Å². The van der Waals surface area contributed by atoms with Crippen LogP contribution in [0.2, 0.25) is 5.02 Å². The van der Waals surface area contributed by atoms with Gasteiger partial charge in [-0.05, 0) is 49.6 Å². The third-order valence-corrected chi connectivity index (χ3v) is 5.58. The molecule has 0 saturated carbocycles. The van der Waals surface area contributed by atoms with E-state index in [0.717, 1.165) is 41.2 Å². The number of fused-ring (bicyclic) bond motifs is 1. The fourth-order valence-electron chi connectivity index (χ4n) is 3.91. The molecule has 2 heterocycles. The molecule has 4 aromatic rings. The molecule has 1 amide bonds. The third kappa shape index (κ3) is 4.35. The summed E-state index contributed by atoms with van der Waals surface area (Å²) in [6.45, 7) is 7.50. The lowest BCUT2D eigenvalue weighted by Gasteiger charge is -2.13. The molecule has 4 rings (SSSR count). The van der Waals surface area contributed by atoms with Crippen molar-refractivity contribution in [3.8, 4) is 5.69 Å². The molecular weight excluding hydrogens is 410 g/mol. The normalized spacial score (nSPS) is 11.4. The second-order valence-corrected chi connectivity index (χ2v) is 8.34. The average Bonchev–Trinajstić information content (AvgIpc) is 3.32. The van der Waals surface area contributed by atoms with Gasteiger partial charge in [-0.25, -0.2) is 9.67 Å².